The lowest BCUT2D eigenvalue weighted by molar-refractivity contribution is -0.154. The van der Waals surface area contributed by atoms with E-state index in [0.29, 0.717) is 13.0 Å². The molecule has 2 atom stereocenters. The first kappa shape index (κ1) is 48.7. The molecule has 0 aromatic rings. The number of rotatable bonds is 39. The van der Waals surface area contributed by atoms with Crippen LogP contribution in [-0.2, 0) is 27.9 Å². The molecule has 0 saturated carbocycles. The predicted octanol–water partition coefficient (Wildman–Crippen LogP) is 11.9. The van der Waals surface area contributed by atoms with Gasteiger partial charge in [-0.05, 0) is 51.4 Å². The van der Waals surface area contributed by atoms with Crippen molar-refractivity contribution in [3.05, 3.63) is 36.5 Å². The van der Waals surface area contributed by atoms with Crippen LogP contribution in [0, 0.1) is 0 Å². The van der Waals surface area contributed by atoms with Crippen molar-refractivity contribution < 1.29 is 32.8 Å². The van der Waals surface area contributed by atoms with Gasteiger partial charge in [0.2, 0.25) is 0 Å². The Bertz CT molecular complexity index is 864. The Morgan fingerprint density at radius 2 is 1.06 bits per heavy atom. The van der Waals surface area contributed by atoms with E-state index in [9.17, 15) is 14.3 Å². The van der Waals surface area contributed by atoms with Gasteiger partial charge in [-0.25, -0.2) is 4.57 Å². The summed E-state index contributed by atoms with van der Waals surface area (Å²) in [5.41, 5.74) is 5.34. The number of carbonyl (C=O) groups excluding carboxylic acids is 1. The number of esters is 1. The second-order valence-electron chi connectivity index (χ2n) is 13.5. The van der Waals surface area contributed by atoms with Gasteiger partial charge in [-0.2, -0.15) is 0 Å². The van der Waals surface area contributed by atoms with E-state index in [1.54, 1.807) is 0 Å². The van der Waals surface area contributed by atoms with E-state index in [2.05, 4.69) is 50.3 Å². The number of nitrogens with two attached hydrogens (primary N) is 1. The van der Waals surface area contributed by atoms with Crippen molar-refractivity contribution in [3.63, 3.8) is 0 Å². The first-order valence-corrected chi connectivity index (χ1v) is 22.0. The maximum atomic E-state index is 12.4. The first-order valence-electron chi connectivity index (χ1n) is 20.5. The summed E-state index contributed by atoms with van der Waals surface area (Å²) in [6.45, 7) is 4.85. The van der Waals surface area contributed by atoms with Gasteiger partial charge in [-0.3, -0.25) is 13.8 Å². The SMILES string of the molecule is CCCCCCC/C=C\C/C=C\C/C=C\CCCCCCCCCCCOCC(COP(=O)(O)OCCN)OC(=O)CCCCCCCCC. The molecule has 9 heteroatoms. The Morgan fingerprint density at radius 3 is 1.58 bits per heavy atom. The molecule has 0 bridgehead atoms. The molecule has 0 aliphatic rings. The lowest BCUT2D eigenvalue weighted by Crippen LogP contribution is -2.28. The second kappa shape index (κ2) is 38.9. The van der Waals surface area contributed by atoms with Gasteiger partial charge in [0, 0.05) is 19.6 Å². The summed E-state index contributed by atoms with van der Waals surface area (Å²) >= 11 is 0. The molecule has 0 heterocycles. The normalized spacial score (nSPS) is 13.9. The lowest BCUT2D eigenvalue weighted by Gasteiger charge is -2.20. The molecule has 0 aliphatic carbocycles. The van der Waals surface area contributed by atoms with Crippen LogP contribution in [0.3, 0.4) is 0 Å². The van der Waals surface area contributed by atoms with Crippen LogP contribution in [0.1, 0.15) is 181 Å². The van der Waals surface area contributed by atoms with Gasteiger partial charge in [0.25, 0.3) is 0 Å². The van der Waals surface area contributed by atoms with Gasteiger partial charge >= 0.3 is 13.8 Å². The fourth-order valence-corrected chi connectivity index (χ4v) is 6.30. The largest absolute Gasteiger partial charge is 0.472 e. The third-order valence-electron chi connectivity index (χ3n) is 8.56. The smallest absolute Gasteiger partial charge is 0.457 e. The molecule has 2 unspecified atom stereocenters. The van der Waals surface area contributed by atoms with Crippen molar-refractivity contribution in [2.24, 2.45) is 5.73 Å². The Kier molecular flexibility index (Phi) is 37.9. The van der Waals surface area contributed by atoms with Gasteiger partial charge in [0.05, 0.1) is 19.8 Å². The van der Waals surface area contributed by atoms with Crippen molar-refractivity contribution in [1.29, 1.82) is 0 Å². The summed E-state index contributed by atoms with van der Waals surface area (Å²) in [5.74, 6) is -0.340. The summed E-state index contributed by atoms with van der Waals surface area (Å²) < 4.78 is 33.2. The molecule has 8 nitrogen and oxygen atoms in total. The zero-order chi connectivity index (χ0) is 36.6. The van der Waals surface area contributed by atoms with E-state index in [4.69, 9.17) is 24.3 Å². The highest BCUT2D eigenvalue weighted by Crippen LogP contribution is 2.43. The van der Waals surface area contributed by atoms with E-state index < -0.39 is 13.9 Å². The molecular formula is C41H78NO7P. The van der Waals surface area contributed by atoms with Crippen LogP contribution in [0.15, 0.2) is 36.5 Å². The van der Waals surface area contributed by atoms with Gasteiger partial charge in [0.15, 0.2) is 0 Å². The minimum Gasteiger partial charge on any atom is -0.457 e. The summed E-state index contributed by atoms with van der Waals surface area (Å²) in [7, 11) is -4.26. The maximum absolute atomic E-state index is 12.4. The molecule has 0 spiro atoms. The molecule has 50 heavy (non-hydrogen) atoms. The zero-order valence-corrected chi connectivity index (χ0v) is 33.3. The van der Waals surface area contributed by atoms with Crippen LogP contribution in [0.4, 0.5) is 0 Å². The third-order valence-corrected chi connectivity index (χ3v) is 9.54. The minimum atomic E-state index is -4.26. The molecule has 0 saturated heterocycles. The highest BCUT2D eigenvalue weighted by atomic mass is 31.2. The number of hydrogen-bond donors (Lipinski definition) is 2. The Morgan fingerprint density at radius 1 is 0.600 bits per heavy atom. The highest BCUT2D eigenvalue weighted by Gasteiger charge is 2.25. The van der Waals surface area contributed by atoms with Crippen molar-refractivity contribution in [2.45, 2.75) is 187 Å². The molecule has 294 valence electrons. The number of unbranched alkanes of at least 4 members (excludes halogenated alkanes) is 20. The predicted molar refractivity (Wildman–Crippen MR) is 210 cm³/mol. The van der Waals surface area contributed by atoms with Crippen molar-refractivity contribution in [3.8, 4) is 0 Å². The highest BCUT2D eigenvalue weighted by molar-refractivity contribution is 7.47. The van der Waals surface area contributed by atoms with Crippen LogP contribution in [0.25, 0.3) is 0 Å². The number of phosphoric acid groups is 1. The molecule has 0 fully saturated rings. The molecule has 0 rings (SSSR count). The summed E-state index contributed by atoms with van der Waals surface area (Å²) in [4.78, 5) is 22.2. The molecular weight excluding hydrogens is 649 g/mol. The molecule has 0 aliphatic heterocycles. The number of phosphoric ester groups is 1. The average Bonchev–Trinajstić information content (AvgIpc) is 3.10. The van der Waals surface area contributed by atoms with Gasteiger partial charge in [0.1, 0.15) is 6.10 Å². The zero-order valence-electron chi connectivity index (χ0n) is 32.4. The van der Waals surface area contributed by atoms with E-state index in [-0.39, 0.29) is 32.3 Å². The molecule has 3 N–H and O–H groups in total. The lowest BCUT2D eigenvalue weighted by atomic mass is 10.1. The van der Waals surface area contributed by atoms with E-state index >= 15 is 0 Å². The maximum Gasteiger partial charge on any atom is 0.472 e. The summed E-state index contributed by atoms with van der Waals surface area (Å²) in [5, 5.41) is 0. The first-order chi connectivity index (χ1) is 24.4. The molecule has 0 radical (unpaired) electrons. The number of carbonyl (C=O) groups is 1. The fourth-order valence-electron chi connectivity index (χ4n) is 5.53. The average molecular weight is 728 g/mol. The molecule has 0 aromatic heterocycles. The summed E-state index contributed by atoms with van der Waals surface area (Å²) in [6, 6.07) is 0. The van der Waals surface area contributed by atoms with Crippen LogP contribution in [-0.4, -0.2) is 49.9 Å². The Labute approximate surface area is 308 Å². The topological polar surface area (TPSA) is 117 Å². The van der Waals surface area contributed by atoms with E-state index in [0.717, 1.165) is 44.9 Å². The van der Waals surface area contributed by atoms with Crippen LogP contribution in [0.5, 0.6) is 0 Å². The third kappa shape index (κ3) is 38.0. The Hall–Kier alpha value is -1.28. The molecule has 0 aromatic carbocycles. The van der Waals surface area contributed by atoms with Gasteiger partial charge in [-0.15, -0.1) is 0 Å². The van der Waals surface area contributed by atoms with Crippen LogP contribution >= 0.6 is 7.82 Å². The second-order valence-corrected chi connectivity index (χ2v) is 15.0. The monoisotopic (exact) mass is 728 g/mol. The quantitative estimate of drug-likeness (QED) is 0.0278. The van der Waals surface area contributed by atoms with Crippen molar-refractivity contribution >= 4 is 13.8 Å². The number of ether oxygens (including phenoxy) is 2. The van der Waals surface area contributed by atoms with Gasteiger partial charge in [-0.1, -0.05) is 159 Å². The summed E-state index contributed by atoms with van der Waals surface area (Å²) in [6.07, 6.45) is 43.3. The molecule has 0 amide bonds. The van der Waals surface area contributed by atoms with E-state index in [1.165, 1.54) is 116 Å². The van der Waals surface area contributed by atoms with Crippen molar-refractivity contribution in [1.82, 2.24) is 0 Å². The minimum absolute atomic E-state index is 0.0963. The fraction of sp³-hybridized carbons (Fsp3) is 0.829. The van der Waals surface area contributed by atoms with Gasteiger partial charge < -0.3 is 20.1 Å². The van der Waals surface area contributed by atoms with E-state index in [1.807, 2.05) is 0 Å². The number of hydrogen-bond acceptors (Lipinski definition) is 7. The standard InChI is InChI=1S/C41H78NO7P/c1-3-5-7-9-11-12-13-14-15-16-17-18-19-20-21-22-23-24-25-26-27-29-31-33-36-46-38-40(39-48-50(44,45)47-37-35-42)49-41(43)34-32-30-28-10-8-6-4-2/h13-14,16-17,19-20,40H,3-12,15,18,21-39,42H2,1-2H3,(H,44,45)/b14-13-,17-16-,20-19-. The van der Waals surface area contributed by atoms with Crippen LogP contribution < -0.4 is 5.73 Å². The number of allylic oxidation sites excluding steroid dienone is 6. The van der Waals surface area contributed by atoms with Crippen LogP contribution in [0.2, 0.25) is 0 Å². The Balaban J connectivity index is 3.89. The van der Waals surface area contributed by atoms with Crippen molar-refractivity contribution in [2.75, 3.05) is 33.0 Å².